The van der Waals surface area contributed by atoms with E-state index in [0.29, 0.717) is 10.6 Å². The Morgan fingerprint density at radius 3 is 2.43 bits per heavy atom. The largest absolute Gasteiger partial charge is 0.374 e. The number of amides is 2. The van der Waals surface area contributed by atoms with Crippen molar-refractivity contribution >= 4 is 23.4 Å². The monoisotopic (exact) mass is 313 g/mol. The van der Waals surface area contributed by atoms with Gasteiger partial charge in [-0.15, -0.1) is 0 Å². The minimum Gasteiger partial charge on any atom is -0.374 e. The molecule has 0 aromatic carbocycles. The molecule has 5 nitrogen and oxygen atoms in total. The van der Waals surface area contributed by atoms with Gasteiger partial charge in [0.1, 0.15) is 0 Å². The predicted octanol–water partition coefficient (Wildman–Crippen LogP) is 1.63. The van der Waals surface area contributed by atoms with E-state index in [4.69, 9.17) is 11.6 Å². The lowest BCUT2D eigenvalue weighted by Crippen LogP contribution is -2.33. The van der Waals surface area contributed by atoms with E-state index < -0.39 is 17.7 Å². The lowest BCUT2D eigenvalue weighted by atomic mass is 10.0. The van der Waals surface area contributed by atoms with Crippen molar-refractivity contribution in [1.29, 1.82) is 0 Å². The Labute approximate surface area is 131 Å². The van der Waals surface area contributed by atoms with Gasteiger partial charge in [-0.1, -0.05) is 24.8 Å². The fraction of sp³-hybridized carbons (Fsp3) is 0.467. The molecule has 6 heteroatoms. The normalized spacial score (nSPS) is 12.5. The predicted molar refractivity (Wildman–Crippen MR) is 86.8 cm³/mol. The number of nitrogens with one attached hydrogen (secondary N) is 2. The molecule has 0 heterocycles. The number of likely N-dealkylation sites (N-methyl/N-ethyl adjacent to an activating group) is 2. The second-order valence-corrected chi connectivity index (χ2v) is 5.21. The molecular formula is C15H24ClN3O2. The van der Waals surface area contributed by atoms with Crippen molar-refractivity contribution in [3.63, 3.8) is 0 Å². The summed E-state index contributed by atoms with van der Waals surface area (Å²) >= 11 is 6.17. The van der Waals surface area contributed by atoms with E-state index in [9.17, 15) is 9.59 Å². The Morgan fingerprint density at radius 2 is 1.95 bits per heavy atom. The van der Waals surface area contributed by atoms with Crippen LogP contribution < -0.4 is 10.6 Å². The van der Waals surface area contributed by atoms with Gasteiger partial charge in [0.25, 0.3) is 0 Å². The summed E-state index contributed by atoms with van der Waals surface area (Å²) in [6.07, 6.45) is 1.66. The maximum absolute atomic E-state index is 11.7. The number of allylic oxidation sites excluding steroid dienone is 2. The Balaban J connectivity index is 4.75. The second-order valence-electron chi connectivity index (χ2n) is 4.80. The first-order chi connectivity index (χ1) is 9.70. The zero-order valence-electron chi connectivity index (χ0n) is 13.1. The van der Waals surface area contributed by atoms with Crippen LogP contribution in [0.4, 0.5) is 0 Å². The van der Waals surface area contributed by atoms with E-state index in [1.165, 1.54) is 6.92 Å². The molecule has 0 aromatic heterocycles. The molecule has 0 aromatic rings. The van der Waals surface area contributed by atoms with Gasteiger partial charge in [-0.3, -0.25) is 14.9 Å². The molecule has 118 valence electrons. The van der Waals surface area contributed by atoms with Gasteiger partial charge in [0.05, 0.1) is 5.92 Å². The number of halogens is 1. The Kier molecular flexibility index (Phi) is 8.66. The van der Waals surface area contributed by atoms with Crippen molar-refractivity contribution in [2.24, 2.45) is 5.92 Å². The van der Waals surface area contributed by atoms with E-state index in [1.807, 2.05) is 19.0 Å². The van der Waals surface area contributed by atoms with Crippen LogP contribution in [0.5, 0.6) is 0 Å². The molecule has 0 fully saturated rings. The Morgan fingerprint density at radius 1 is 1.38 bits per heavy atom. The van der Waals surface area contributed by atoms with Crippen LogP contribution in [0.15, 0.2) is 35.5 Å². The molecule has 2 N–H and O–H groups in total. The maximum atomic E-state index is 11.7. The summed E-state index contributed by atoms with van der Waals surface area (Å²) in [7, 11) is 3.77. The molecule has 0 aliphatic heterocycles. The highest BCUT2D eigenvalue weighted by atomic mass is 35.5. The van der Waals surface area contributed by atoms with Gasteiger partial charge in [0.2, 0.25) is 11.8 Å². The third-order valence-corrected chi connectivity index (χ3v) is 3.35. The molecule has 0 rings (SSSR count). The van der Waals surface area contributed by atoms with E-state index in [0.717, 1.165) is 18.8 Å². The van der Waals surface area contributed by atoms with Gasteiger partial charge in [-0.25, -0.2) is 0 Å². The van der Waals surface area contributed by atoms with Crippen LogP contribution in [0, 0.1) is 5.92 Å². The minimum atomic E-state index is -0.590. The molecule has 0 aliphatic carbocycles. The number of nitrogens with zero attached hydrogens (tertiary/aromatic N) is 1. The third-order valence-electron chi connectivity index (χ3n) is 3.00. The van der Waals surface area contributed by atoms with Crippen molar-refractivity contribution in [3.8, 4) is 0 Å². The summed E-state index contributed by atoms with van der Waals surface area (Å²) in [4.78, 5) is 24.6. The SMILES string of the molecule is C=C(/C(Cl)=C\C(=C)N(C)CCNC)C(C)C(=O)NC(C)=O. The van der Waals surface area contributed by atoms with Crippen LogP contribution in [0.25, 0.3) is 0 Å². The topological polar surface area (TPSA) is 61.4 Å². The smallest absolute Gasteiger partial charge is 0.233 e. The maximum Gasteiger partial charge on any atom is 0.233 e. The summed E-state index contributed by atoms with van der Waals surface area (Å²) in [6, 6.07) is 0. The van der Waals surface area contributed by atoms with Gasteiger partial charge in [0.15, 0.2) is 0 Å². The molecule has 1 unspecified atom stereocenters. The first-order valence-corrected chi connectivity index (χ1v) is 7.00. The number of imide groups is 1. The molecule has 0 saturated heterocycles. The number of rotatable bonds is 8. The first kappa shape index (κ1) is 19.4. The van der Waals surface area contributed by atoms with Crippen LogP contribution in [-0.2, 0) is 9.59 Å². The van der Waals surface area contributed by atoms with E-state index in [1.54, 1.807) is 13.0 Å². The van der Waals surface area contributed by atoms with Gasteiger partial charge >= 0.3 is 0 Å². The fourth-order valence-electron chi connectivity index (χ4n) is 1.42. The van der Waals surface area contributed by atoms with Crippen LogP contribution in [0.2, 0.25) is 0 Å². The lowest BCUT2D eigenvalue weighted by Gasteiger charge is -2.20. The minimum absolute atomic E-state index is 0.350. The summed E-state index contributed by atoms with van der Waals surface area (Å²) in [6.45, 7) is 12.3. The van der Waals surface area contributed by atoms with Crippen LogP contribution >= 0.6 is 11.6 Å². The van der Waals surface area contributed by atoms with Crippen LogP contribution in [-0.4, -0.2) is 43.9 Å². The molecular weight excluding hydrogens is 290 g/mol. The van der Waals surface area contributed by atoms with E-state index in [2.05, 4.69) is 23.8 Å². The Hall–Kier alpha value is -1.59. The lowest BCUT2D eigenvalue weighted by molar-refractivity contribution is -0.130. The Bertz CT molecular complexity index is 458. The average molecular weight is 314 g/mol. The highest BCUT2D eigenvalue weighted by molar-refractivity contribution is 6.32. The number of hydrogen-bond donors (Lipinski definition) is 2. The van der Waals surface area contributed by atoms with Crippen molar-refractivity contribution in [3.05, 3.63) is 35.5 Å². The summed E-state index contributed by atoms with van der Waals surface area (Å²) < 4.78 is 0. The first-order valence-electron chi connectivity index (χ1n) is 6.63. The zero-order valence-corrected chi connectivity index (χ0v) is 13.9. The molecule has 1 atom stereocenters. The van der Waals surface area contributed by atoms with Crippen molar-refractivity contribution in [2.45, 2.75) is 13.8 Å². The molecule has 2 amide bonds. The van der Waals surface area contributed by atoms with E-state index >= 15 is 0 Å². The molecule has 0 aliphatic rings. The van der Waals surface area contributed by atoms with Crippen molar-refractivity contribution < 1.29 is 9.59 Å². The number of hydrogen-bond acceptors (Lipinski definition) is 4. The van der Waals surface area contributed by atoms with Crippen LogP contribution in [0.1, 0.15) is 13.8 Å². The second kappa shape index (κ2) is 9.37. The summed E-state index contributed by atoms with van der Waals surface area (Å²) in [5, 5.41) is 5.61. The van der Waals surface area contributed by atoms with E-state index in [-0.39, 0.29) is 0 Å². The molecule has 0 bridgehead atoms. The molecule has 21 heavy (non-hydrogen) atoms. The highest BCUT2D eigenvalue weighted by Crippen LogP contribution is 2.23. The number of carbonyl (C=O) groups is 2. The van der Waals surface area contributed by atoms with Crippen molar-refractivity contribution in [2.75, 3.05) is 27.2 Å². The van der Waals surface area contributed by atoms with Gasteiger partial charge in [0, 0.05) is 37.8 Å². The van der Waals surface area contributed by atoms with Gasteiger partial charge in [-0.2, -0.15) is 0 Å². The summed E-state index contributed by atoms with van der Waals surface area (Å²) in [5.74, 6) is -1.42. The summed E-state index contributed by atoms with van der Waals surface area (Å²) in [5.41, 5.74) is 1.16. The van der Waals surface area contributed by atoms with Crippen molar-refractivity contribution in [1.82, 2.24) is 15.5 Å². The molecule has 0 spiro atoms. The molecule has 0 saturated carbocycles. The highest BCUT2D eigenvalue weighted by Gasteiger charge is 2.19. The zero-order chi connectivity index (χ0) is 16.6. The van der Waals surface area contributed by atoms with Crippen LogP contribution in [0.3, 0.4) is 0 Å². The molecule has 0 radical (unpaired) electrons. The van der Waals surface area contributed by atoms with Gasteiger partial charge < -0.3 is 10.2 Å². The average Bonchev–Trinajstić information content (AvgIpc) is 2.41. The third kappa shape index (κ3) is 7.11. The van der Waals surface area contributed by atoms with Gasteiger partial charge in [-0.05, 0) is 25.6 Å². The number of carbonyl (C=O) groups excluding carboxylic acids is 2. The quantitative estimate of drug-likeness (QED) is 0.669. The fourth-order valence-corrected chi connectivity index (χ4v) is 1.71. The standard InChI is InChI=1S/C15H24ClN3O2/c1-10(19(6)8-7-17-5)9-14(16)11(2)12(3)15(21)18-13(4)20/h9,12,17H,1-2,7-8H2,3-6H3,(H,18,20,21)/b14-9+.